The minimum atomic E-state index is -0.930. The molecule has 0 heterocycles. The van der Waals surface area contributed by atoms with Crippen LogP contribution in [0.3, 0.4) is 0 Å². The van der Waals surface area contributed by atoms with E-state index in [1.54, 1.807) is 12.1 Å². The van der Waals surface area contributed by atoms with Crippen LogP contribution in [0.25, 0.3) is 0 Å². The van der Waals surface area contributed by atoms with Gasteiger partial charge < -0.3 is 5.11 Å². The zero-order valence-electron chi connectivity index (χ0n) is 8.32. The van der Waals surface area contributed by atoms with Crippen molar-refractivity contribution in [3.05, 3.63) is 47.8 Å². The number of carboxylic acid groups (broad SMARTS) is 1. The van der Waals surface area contributed by atoms with Gasteiger partial charge in [-0.15, -0.1) is 0 Å². The zero-order chi connectivity index (χ0) is 11.1. The quantitative estimate of drug-likeness (QED) is 0.596. The first-order valence-corrected chi connectivity index (χ1v) is 4.82. The maximum atomic E-state index is 12.8. The number of aliphatic carboxylic acids is 1. The summed E-state index contributed by atoms with van der Waals surface area (Å²) in [5.41, 5.74) is 0.943. The van der Waals surface area contributed by atoms with Gasteiger partial charge in [-0.2, -0.15) is 0 Å². The highest BCUT2D eigenvalue weighted by Crippen LogP contribution is 2.07. The number of allylic oxidation sites excluding steroid dienone is 1. The number of benzene rings is 1. The molecular weight excluding hydrogens is 195 g/mol. The lowest BCUT2D eigenvalue weighted by Gasteiger charge is -1.98. The summed E-state index contributed by atoms with van der Waals surface area (Å²) in [7, 11) is 0. The van der Waals surface area contributed by atoms with Gasteiger partial charge in [-0.3, -0.25) is 0 Å². The maximum absolute atomic E-state index is 12.8. The molecule has 0 aliphatic rings. The number of rotatable bonds is 5. The van der Waals surface area contributed by atoms with E-state index in [2.05, 4.69) is 0 Å². The van der Waals surface area contributed by atoms with E-state index in [0.717, 1.165) is 24.5 Å². The molecule has 0 bridgehead atoms. The number of carbonyl (C=O) groups is 1. The number of hydrogen-bond acceptors (Lipinski definition) is 1. The van der Waals surface area contributed by atoms with Crippen LogP contribution in [-0.2, 0) is 11.2 Å². The van der Waals surface area contributed by atoms with E-state index in [4.69, 9.17) is 5.11 Å². The predicted molar refractivity (Wildman–Crippen MR) is 56.1 cm³/mol. The molecule has 0 spiro atoms. The van der Waals surface area contributed by atoms with Crippen LogP contribution in [0.5, 0.6) is 0 Å². The van der Waals surface area contributed by atoms with Crippen molar-refractivity contribution in [1.82, 2.24) is 0 Å². The fourth-order valence-corrected chi connectivity index (χ4v) is 1.30. The average Bonchev–Trinajstić information content (AvgIpc) is 2.17. The van der Waals surface area contributed by atoms with Crippen LogP contribution in [0.1, 0.15) is 18.4 Å². The van der Waals surface area contributed by atoms with Gasteiger partial charge in [0.2, 0.25) is 0 Å². The normalized spacial score (nSPS) is 10.7. The van der Waals surface area contributed by atoms with Crippen molar-refractivity contribution in [1.29, 1.82) is 0 Å². The lowest BCUT2D eigenvalue weighted by Crippen LogP contribution is -1.88. The Hall–Kier alpha value is -1.64. The predicted octanol–water partition coefficient (Wildman–Crippen LogP) is 2.79. The Balaban J connectivity index is 2.29. The Bertz CT molecular complexity index is 358. The summed E-state index contributed by atoms with van der Waals surface area (Å²) in [6.07, 6.45) is 5.03. The molecule has 15 heavy (non-hydrogen) atoms. The molecule has 80 valence electrons. The SMILES string of the molecule is O=C(O)C=CCCCc1cccc(F)c1. The molecule has 1 N–H and O–H groups in total. The van der Waals surface area contributed by atoms with Crippen LogP contribution < -0.4 is 0 Å². The molecule has 0 saturated carbocycles. The first kappa shape index (κ1) is 11.4. The molecule has 0 unspecified atom stereocenters. The monoisotopic (exact) mass is 208 g/mol. The Kier molecular flexibility index (Phi) is 4.54. The van der Waals surface area contributed by atoms with Crippen molar-refractivity contribution >= 4 is 5.97 Å². The summed E-state index contributed by atoms with van der Waals surface area (Å²) in [5, 5.41) is 8.33. The summed E-state index contributed by atoms with van der Waals surface area (Å²) < 4.78 is 12.8. The Morgan fingerprint density at radius 3 is 2.93 bits per heavy atom. The van der Waals surface area contributed by atoms with Gasteiger partial charge in [-0.25, -0.2) is 9.18 Å². The van der Waals surface area contributed by atoms with Crippen LogP contribution >= 0.6 is 0 Å². The number of hydrogen-bond donors (Lipinski definition) is 1. The lowest BCUT2D eigenvalue weighted by atomic mass is 10.1. The molecule has 3 heteroatoms. The molecule has 0 saturated heterocycles. The fraction of sp³-hybridized carbons (Fsp3) is 0.250. The number of aryl methyl sites for hydroxylation is 1. The molecule has 1 aromatic carbocycles. The van der Waals surface area contributed by atoms with Gasteiger partial charge in [0, 0.05) is 6.08 Å². The van der Waals surface area contributed by atoms with Gasteiger partial charge in [0.15, 0.2) is 0 Å². The third-order valence-corrected chi connectivity index (χ3v) is 1.99. The summed E-state index contributed by atoms with van der Waals surface area (Å²) >= 11 is 0. The van der Waals surface area contributed by atoms with Gasteiger partial charge in [-0.1, -0.05) is 18.2 Å². The van der Waals surface area contributed by atoms with Crippen molar-refractivity contribution in [2.24, 2.45) is 0 Å². The van der Waals surface area contributed by atoms with E-state index in [9.17, 15) is 9.18 Å². The van der Waals surface area contributed by atoms with Crippen LogP contribution in [0.4, 0.5) is 4.39 Å². The standard InChI is InChI=1S/C12H13FO2/c13-11-7-4-6-10(9-11)5-2-1-3-8-12(14)15/h3-4,6-9H,1-2,5H2,(H,14,15). The van der Waals surface area contributed by atoms with Crippen LogP contribution in [0.2, 0.25) is 0 Å². The topological polar surface area (TPSA) is 37.3 Å². The smallest absolute Gasteiger partial charge is 0.327 e. The fourth-order valence-electron chi connectivity index (χ4n) is 1.30. The van der Waals surface area contributed by atoms with E-state index < -0.39 is 5.97 Å². The summed E-state index contributed by atoms with van der Waals surface area (Å²) in [6.45, 7) is 0. The highest BCUT2D eigenvalue weighted by Gasteiger charge is 1.94. The van der Waals surface area contributed by atoms with Crippen molar-refractivity contribution in [2.45, 2.75) is 19.3 Å². The lowest BCUT2D eigenvalue weighted by molar-refractivity contribution is -0.131. The molecular formula is C12H13FO2. The van der Waals surface area contributed by atoms with Gasteiger partial charge in [0.05, 0.1) is 0 Å². The molecule has 0 aliphatic carbocycles. The molecule has 0 amide bonds. The molecule has 1 rings (SSSR count). The van der Waals surface area contributed by atoms with E-state index in [1.165, 1.54) is 12.1 Å². The van der Waals surface area contributed by atoms with E-state index in [0.29, 0.717) is 6.42 Å². The molecule has 0 fully saturated rings. The highest BCUT2D eigenvalue weighted by molar-refractivity contribution is 5.79. The number of halogens is 1. The van der Waals surface area contributed by atoms with Crippen LogP contribution in [0, 0.1) is 5.82 Å². The van der Waals surface area contributed by atoms with Crippen LogP contribution in [-0.4, -0.2) is 11.1 Å². The van der Waals surface area contributed by atoms with E-state index in [1.807, 2.05) is 6.07 Å². The molecule has 0 radical (unpaired) electrons. The van der Waals surface area contributed by atoms with Crippen molar-refractivity contribution in [3.63, 3.8) is 0 Å². The Morgan fingerprint density at radius 2 is 2.27 bits per heavy atom. The van der Waals surface area contributed by atoms with Crippen molar-refractivity contribution in [2.75, 3.05) is 0 Å². The Morgan fingerprint density at radius 1 is 1.47 bits per heavy atom. The van der Waals surface area contributed by atoms with Gasteiger partial charge in [-0.05, 0) is 37.0 Å². The van der Waals surface area contributed by atoms with Gasteiger partial charge in [0.25, 0.3) is 0 Å². The first-order valence-electron chi connectivity index (χ1n) is 4.82. The van der Waals surface area contributed by atoms with E-state index >= 15 is 0 Å². The Labute approximate surface area is 88.1 Å². The van der Waals surface area contributed by atoms with E-state index in [-0.39, 0.29) is 5.82 Å². The molecule has 1 aromatic rings. The van der Waals surface area contributed by atoms with Crippen LogP contribution in [0.15, 0.2) is 36.4 Å². The second kappa shape index (κ2) is 5.96. The highest BCUT2D eigenvalue weighted by atomic mass is 19.1. The molecule has 0 atom stereocenters. The second-order valence-corrected chi connectivity index (χ2v) is 3.26. The third-order valence-electron chi connectivity index (χ3n) is 1.99. The van der Waals surface area contributed by atoms with Crippen molar-refractivity contribution < 1.29 is 14.3 Å². The second-order valence-electron chi connectivity index (χ2n) is 3.26. The van der Waals surface area contributed by atoms with Gasteiger partial charge >= 0.3 is 5.97 Å². The average molecular weight is 208 g/mol. The minimum Gasteiger partial charge on any atom is -0.478 e. The van der Waals surface area contributed by atoms with Gasteiger partial charge in [0.1, 0.15) is 5.82 Å². The molecule has 0 aromatic heterocycles. The van der Waals surface area contributed by atoms with Crippen molar-refractivity contribution in [3.8, 4) is 0 Å². The number of unbranched alkanes of at least 4 members (excludes halogenated alkanes) is 1. The molecule has 0 aliphatic heterocycles. The molecule has 2 nitrogen and oxygen atoms in total. The number of carboxylic acids is 1. The summed E-state index contributed by atoms with van der Waals surface area (Å²) in [6, 6.07) is 6.45. The summed E-state index contributed by atoms with van der Waals surface area (Å²) in [5.74, 6) is -1.16. The first-order chi connectivity index (χ1) is 7.18. The minimum absolute atomic E-state index is 0.228. The maximum Gasteiger partial charge on any atom is 0.327 e. The largest absolute Gasteiger partial charge is 0.478 e. The zero-order valence-corrected chi connectivity index (χ0v) is 8.32. The summed E-state index contributed by atoms with van der Waals surface area (Å²) in [4.78, 5) is 10.1. The third kappa shape index (κ3) is 4.96.